The summed E-state index contributed by atoms with van der Waals surface area (Å²) in [6.45, 7) is -2.84. The van der Waals surface area contributed by atoms with Crippen LogP contribution in [0.4, 0.5) is 8.78 Å². The summed E-state index contributed by atoms with van der Waals surface area (Å²) in [7, 11) is 0. The molecule has 1 aromatic rings. The second-order valence-electron chi connectivity index (χ2n) is 1.73. The van der Waals surface area contributed by atoms with Gasteiger partial charge in [-0.2, -0.15) is 8.78 Å². The molecule has 0 saturated carbocycles. The Kier molecular flexibility index (Phi) is 2.65. The molecule has 4 heteroatoms. The number of benzene rings is 1. The van der Waals surface area contributed by atoms with Gasteiger partial charge in [0.15, 0.2) is 0 Å². The lowest BCUT2D eigenvalue weighted by atomic mass is 10.3. The summed E-state index contributed by atoms with van der Waals surface area (Å²) in [6.07, 6.45) is 0. The lowest BCUT2D eigenvalue weighted by Crippen LogP contribution is -2.01. The Morgan fingerprint density at radius 2 is 2.27 bits per heavy atom. The highest BCUT2D eigenvalue weighted by Crippen LogP contribution is 2.23. The fourth-order valence-electron chi connectivity index (χ4n) is 0.588. The number of hydrogen-bond acceptors (Lipinski definition) is 1. The maximum Gasteiger partial charge on any atom is 0.387 e. The van der Waals surface area contributed by atoms with Crippen molar-refractivity contribution in [3.63, 3.8) is 0 Å². The molecule has 0 aliphatic carbocycles. The number of hydrogen-bond donors (Lipinski definition) is 0. The first kappa shape index (κ1) is 8.27. The summed E-state index contributed by atoms with van der Waals surface area (Å²) in [5, 5.41) is 0.0628. The van der Waals surface area contributed by atoms with Gasteiger partial charge in [-0.15, -0.1) is 0 Å². The van der Waals surface area contributed by atoms with E-state index in [9.17, 15) is 8.78 Å². The quantitative estimate of drug-likeness (QED) is 0.675. The number of rotatable bonds is 2. The van der Waals surface area contributed by atoms with E-state index in [2.05, 4.69) is 10.8 Å². The van der Waals surface area contributed by atoms with Gasteiger partial charge in [-0.05, 0) is 6.07 Å². The third-order valence-corrected chi connectivity index (χ3v) is 1.28. The van der Waals surface area contributed by atoms with Crippen molar-refractivity contribution in [3.8, 4) is 5.75 Å². The molecule has 0 amide bonds. The smallest absolute Gasteiger partial charge is 0.387 e. The van der Waals surface area contributed by atoms with Crippen molar-refractivity contribution in [1.82, 2.24) is 0 Å². The minimum Gasteiger partial charge on any atom is -0.433 e. The zero-order valence-corrected chi connectivity index (χ0v) is 6.11. The summed E-state index contributed by atoms with van der Waals surface area (Å²) in [4.78, 5) is 0. The van der Waals surface area contributed by atoms with E-state index in [1.54, 1.807) is 0 Å². The molecule has 0 aliphatic heterocycles. The zero-order chi connectivity index (χ0) is 8.27. The van der Waals surface area contributed by atoms with Crippen LogP contribution in [0.25, 0.3) is 0 Å². The average Bonchev–Trinajstić information content (AvgIpc) is 1.93. The molecule has 0 spiro atoms. The number of alkyl halides is 2. The van der Waals surface area contributed by atoms with Crippen LogP contribution < -0.4 is 4.74 Å². The highest BCUT2D eigenvalue weighted by molar-refractivity contribution is 6.31. The molecule has 59 valence electrons. The van der Waals surface area contributed by atoms with E-state index >= 15 is 0 Å². The fourth-order valence-corrected chi connectivity index (χ4v) is 0.759. The van der Waals surface area contributed by atoms with Gasteiger partial charge in [0.25, 0.3) is 0 Å². The maximum atomic E-state index is 11.6. The average molecular weight is 178 g/mol. The van der Waals surface area contributed by atoms with E-state index in [-0.39, 0.29) is 10.8 Å². The predicted octanol–water partition coefficient (Wildman–Crippen LogP) is 2.74. The Labute approximate surface area is 67.5 Å². The highest BCUT2D eigenvalue weighted by atomic mass is 35.5. The third kappa shape index (κ3) is 2.35. The lowest BCUT2D eigenvalue weighted by molar-refractivity contribution is -0.0497. The van der Waals surface area contributed by atoms with Gasteiger partial charge in [0.2, 0.25) is 0 Å². The Bertz CT molecular complexity index is 240. The molecule has 0 aromatic heterocycles. The van der Waals surface area contributed by atoms with Gasteiger partial charge >= 0.3 is 6.61 Å². The minimum atomic E-state index is -2.84. The molecule has 0 bridgehead atoms. The second-order valence-corrected chi connectivity index (χ2v) is 2.10. The first-order valence-corrected chi connectivity index (χ1v) is 3.19. The molecule has 1 rings (SSSR count). The van der Waals surface area contributed by atoms with Crippen LogP contribution in [0, 0.1) is 6.07 Å². The molecule has 0 atom stereocenters. The molecular formula is C7H4ClF2O. The normalized spacial score (nSPS) is 10.2. The van der Waals surface area contributed by atoms with Gasteiger partial charge in [-0.3, -0.25) is 0 Å². The van der Waals surface area contributed by atoms with Crippen molar-refractivity contribution in [2.75, 3.05) is 0 Å². The predicted molar refractivity (Wildman–Crippen MR) is 36.9 cm³/mol. The van der Waals surface area contributed by atoms with Crippen molar-refractivity contribution < 1.29 is 13.5 Å². The van der Waals surface area contributed by atoms with E-state index in [1.807, 2.05) is 0 Å². The maximum absolute atomic E-state index is 11.6. The molecule has 0 saturated heterocycles. The summed E-state index contributed by atoms with van der Waals surface area (Å²) in [6, 6.07) is 6.90. The van der Waals surface area contributed by atoms with E-state index < -0.39 is 6.61 Å². The molecule has 0 aliphatic rings. The summed E-state index contributed by atoms with van der Waals surface area (Å²) in [5.41, 5.74) is 0. The Morgan fingerprint density at radius 3 is 2.82 bits per heavy atom. The molecule has 11 heavy (non-hydrogen) atoms. The van der Waals surface area contributed by atoms with E-state index in [1.165, 1.54) is 18.2 Å². The molecule has 0 unspecified atom stereocenters. The molecule has 0 heterocycles. The van der Waals surface area contributed by atoms with Gasteiger partial charge in [0.1, 0.15) is 5.75 Å². The molecule has 1 aromatic carbocycles. The van der Waals surface area contributed by atoms with Crippen LogP contribution in [0.2, 0.25) is 5.02 Å². The number of ether oxygens (including phenoxy) is 1. The molecular weight excluding hydrogens is 174 g/mol. The molecule has 0 fully saturated rings. The van der Waals surface area contributed by atoms with Crippen molar-refractivity contribution >= 4 is 11.6 Å². The Hall–Kier alpha value is -0.830. The standard InChI is InChI=1S/C7H4ClF2O/c8-5-3-1-2-4-6(5)11-7(9)10/h1-2,4,7H. The van der Waals surface area contributed by atoms with Gasteiger partial charge in [-0.25, -0.2) is 0 Å². The van der Waals surface area contributed by atoms with E-state index in [0.29, 0.717) is 0 Å². The minimum absolute atomic E-state index is 0.0517. The van der Waals surface area contributed by atoms with Gasteiger partial charge < -0.3 is 4.74 Å². The molecule has 1 nitrogen and oxygen atoms in total. The third-order valence-electron chi connectivity index (χ3n) is 0.986. The topological polar surface area (TPSA) is 9.23 Å². The monoisotopic (exact) mass is 177 g/mol. The van der Waals surface area contributed by atoms with Crippen LogP contribution in [-0.4, -0.2) is 6.61 Å². The van der Waals surface area contributed by atoms with Gasteiger partial charge in [-0.1, -0.05) is 23.7 Å². The van der Waals surface area contributed by atoms with Crippen molar-refractivity contribution in [1.29, 1.82) is 0 Å². The van der Waals surface area contributed by atoms with E-state index in [0.717, 1.165) is 0 Å². The lowest BCUT2D eigenvalue weighted by Gasteiger charge is -2.04. The molecule has 0 N–H and O–H groups in total. The molecule has 1 radical (unpaired) electrons. The van der Waals surface area contributed by atoms with Crippen LogP contribution in [0.3, 0.4) is 0 Å². The second kappa shape index (κ2) is 3.53. The summed E-state index contributed by atoms with van der Waals surface area (Å²) in [5.74, 6) is -0.0517. The van der Waals surface area contributed by atoms with Crippen LogP contribution in [0.1, 0.15) is 0 Å². The zero-order valence-electron chi connectivity index (χ0n) is 5.35. The van der Waals surface area contributed by atoms with Crippen LogP contribution in [0.15, 0.2) is 18.2 Å². The first-order valence-electron chi connectivity index (χ1n) is 2.81. The Morgan fingerprint density at radius 1 is 1.55 bits per heavy atom. The van der Waals surface area contributed by atoms with Crippen molar-refractivity contribution in [2.45, 2.75) is 6.61 Å². The van der Waals surface area contributed by atoms with Crippen LogP contribution >= 0.6 is 11.6 Å². The summed E-state index contributed by atoms with van der Waals surface area (Å²) < 4.78 is 27.3. The van der Waals surface area contributed by atoms with Gasteiger partial charge in [0, 0.05) is 6.07 Å². The summed E-state index contributed by atoms with van der Waals surface area (Å²) >= 11 is 5.45. The van der Waals surface area contributed by atoms with Crippen LogP contribution in [-0.2, 0) is 0 Å². The number of halogens is 3. The largest absolute Gasteiger partial charge is 0.433 e. The SMILES string of the molecule is FC(F)Oc1ccc[c]c1Cl. The van der Waals surface area contributed by atoms with Gasteiger partial charge in [0.05, 0.1) is 5.02 Å². The van der Waals surface area contributed by atoms with Crippen molar-refractivity contribution in [2.24, 2.45) is 0 Å². The first-order chi connectivity index (χ1) is 5.20. The van der Waals surface area contributed by atoms with E-state index in [4.69, 9.17) is 11.6 Å². The fraction of sp³-hybridized carbons (Fsp3) is 0.143. The van der Waals surface area contributed by atoms with Crippen molar-refractivity contribution in [3.05, 3.63) is 29.3 Å². The Balaban J connectivity index is 2.78. The highest BCUT2D eigenvalue weighted by Gasteiger charge is 2.06. The van der Waals surface area contributed by atoms with Crippen LogP contribution in [0.5, 0.6) is 5.75 Å².